The Morgan fingerprint density at radius 1 is 0.970 bits per heavy atom. The number of ether oxygens (including phenoxy) is 4. The molecule has 3 heterocycles. The molecule has 33 heavy (non-hydrogen) atoms. The van der Waals surface area contributed by atoms with Crippen LogP contribution in [-0.2, 0) is 6.42 Å². The van der Waals surface area contributed by atoms with Crippen molar-refractivity contribution in [3.8, 4) is 23.0 Å². The van der Waals surface area contributed by atoms with E-state index in [1.54, 1.807) is 13.4 Å². The molecule has 1 aromatic heterocycles. The number of nitrogens with one attached hydrogen (secondary N) is 1. The molecule has 0 unspecified atom stereocenters. The van der Waals surface area contributed by atoms with Gasteiger partial charge in [-0.15, -0.1) is 0 Å². The standard InChI is InChI=1S/C25H30N4O4/c1-29-10-5-3-4-7-17-8-9-20-24(33-16-32-20)23(17)28-25-18-13-22(31-12-6-11-29)21(30-2)14-19(18)26-15-27-25/h8-9,13-15H,3-7,10-12,16H2,1-2H3,(H,26,27,28). The van der Waals surface area contributed by atoms with E-state index in [4.69, 9.17) is 18.9 Å². The Morgan fingerprint density at radius 2 is 1.88 bits per heavy atom. The number of fused-ring (bicyclic) bond motifs is 4. The van der Waals surface area contributed by atoms with Crippen LogP contribution in [0.1, 0.15) is 31.2 Å². The van der Waals surface area contributed by atoms with Gasteiger partial charge in [0.1, 0.15) is 12.1 Å². The molecule has 2 bridgehead atoms. The van der Waals surface area contributed by atoms with Gasteiger partial charge in [-0.2, -0.15) is 0 Å². The van der Waals surface area contributed by atoms with Crippen LogP contribution < -0.4 is 24.3 Å². The van der Waals surface area contributed by atoms with E-state index >= 15 is 0 Å². The van der Waals surface area contributed by atoms with Gasteiger partial charge in [-0.25, -0.2) is 9.97 Å². The summed E-state index contributed by atoms with van der Waals surface area (Å²) in [5.74, 6) is 3.53. The fraction of sp³-hybridized carbons (Fsp3) is 0.440. The highest BCUT2D eigenvalue weighted by atomic mass is 16.7. The van der Waals surface area contributed by atoms with Crippen molar-refractivity contribution < 1.29 is 18.9 Å². The van der Waals surface area contributed by atoms with Crippen molar-refractivity contribution in [3.05, 3.63) is 36.2 Å². The van der Waals surface area contributed by atoms with Gasteiger partial charge in [0.15, 0.2) is 23.0 Å². The molecular formula is C25H30N4O4. The van der Waals surface area contributed by atoms with Crippen molar-refractivity contribution >= 4 is 22.4 Å². The van der Waals surface area contributed by atoms with Gasteiger partial charge in [0.25, 0.3) is 0 Å². The second-order valence-corrected chi connectivity index (χ2v) is 8.52. The second-order valence-electron chi connectivity index (χ2n) is 8.52. The maximum absolute atomic E-state index is 6.13. The van der Waals surface area contributed by atoms with E-state index in [9.17, 15) is 0 Å². The van der Waals surface area contributed by atoms with Crippen LogP contribution in [0, 0.1) is 0 Å². The molecule has 2 aliphatic heterocycles. The summed E-state index contributed by atoms with van der Waals surface area (Å²) in [6.45, 7) is 2.92. The predicted molar refractivity (Wildman–Crippen MR) is 127 cm³/mol. The highest BCUT2D eigenvalue weighted by Gasteiger charge is 2.22. The first kappa shape index (κ1) is 21.6. The molecule has 0 aliphatic carbocycles. The summed E-state index contributed by atoms with van der Waals surface area (Å²) in [4.78, 5) is 11.4. The van der Waals surface area contributed by atoms with E-state index < -0.39 is 0 Å². The quantitative estimate of drug-likeness (QED) is 0.579. The topological polar surface area (TPSA) is 78.0 Å². The lowest BCUT2D eigenvalue weighted by Gasteiger charge is -2.17. The molecule has 0 amide bonds. The van der Waals surface area contributed by atoms with Gasteiger partial charge in [-0.1, -0.05) is 12.5 Å². The van der Waals surface area contributed by atoms with Crippen LogP contribution in [0.2, 0.25) is 0 Å². The molecule has 5 rings (SSSR count). The Morgan fingerprint density at radius 3 is 2.79 bits per heavy atom. The van der Waals surface area contributed by atoms with Crippen molar-refractivity contribution in [3.63, 3.8) is 0 Å². The summed E-state index contributed by atoms with van der Waals surface area (Å²) in [6.07, 6.45) is 6.91. The zero-order valence-electron chi connectivity index (χ0n) is 19.2. The van der Waals surface area contributed by atoms with Crippen molar-refractivity contribution in [2.75, 3.05) is 46.0 Å². The van der Waals surface area contributed by atoms with Crippen molar-refractivity contribution in [2.45, 2.75) is 32.1 Å². The van der Waals surface area contributed by atoms with Gasteiger partial charge in [-0.05, 0) is 57.0 Å². The Labute approximate surface area is 193 Å². The van der Waals surface area contributed by atoms with Gasteiger partial charge in [-0.3, -0.25) is 0 Å². The lowest BCUT2D eigenvalue weighted by molar-refractivity contribution is 0.174. The van der Waals surface area contributed by atoms with Gasteiger partial charge >= 0.3 is 0 Å². The van der Waals surface area contributed by atoms with Gasteiger partial charge in [0.05, 0.1) is 24.9 Å². The Bertz CT molecular complexity index is 1140. The van der Waals surface area contributed by atoms with E-state index in [-0.39, 0.29) is 6.79 Å². The molecule has 2 aliphatic rings. The van der Waals surface area contributed by atoms with Gasteiger partial charge in [0, 0.05) is 18.0 Å². The summed E-state index contributed by atoms with van der Waals surface area (Å²) in [6, 6.07) is 7.97. The fourth-order valence-corrected chi connectivity index (χ4v) is 4.42. The molecule has 3 aromatic rings. The second kappa shape index (κ2) is 9.70. The fourth-order valence-electron chi connectivity index (χ4n) is 4.42. The number of aromatic nitrogens is 2. The molecule has 174 valence electrons. The third kappa shape index (κ3) is 4.61. The minimum absolute atomic E-state index is 0.222. The summed E-state index contributed by atoms with van der Waals surface area (Å²) in [5.41, 5.74) is 2.87. The first-order valence-corrected chi connectivity index (χ1v) is 11.6. The lowest BCUT2D eigenvalue weighted by atomic mass is 10.0. The lowest BCUT2D eigenvalue weighted by Crippen LogP contribution is -2.22. The Balaban J connectivity index is 1.58. The van der Waals surface area contributed by atoms with E-state index in [0.29, 0.717) is 23.9 Å². The maximum atomic E-state index is 6.13. The van der Waals surface area contributed by atoms with E-state index in [2.05, 4.69) is 33.3 Å². The van der Waals surface area contributed by atoms with E-state index in [1.807, 2.05) is 18.2 Å². The average molecular weight is 451 g/mol. The molecule has 0 atom stereocenters. The molecule has 8 nitrogen and oxygen atoms in total. The summed E-state index contributed by atoms with van der Waals surface area (Å²) in [7, 11) is 3.82. The third-order valence-corrected chi connectivity index (χ3v) is 6.22. The Hall–Kier alpha value is -3.26. The van der Waals surface area contributed by atoms with E-state index in [1.165, 1.54) is 18.4 Å². The van der Waals surface area contributed by atoms with Crippen LogP contribution in [0.5, 0.6) is 23.0 Å². The van der Waals surface area contributed by atoms with Crippen LogP contribution in [0.25, 0.3) is 10.9 Å². The van der Waals surface area contributed by atoms with Gasteiger partial charge in [0.2, 0.25) is 6.79 Å². The summed E-state index contributed by atoms with van der Waals surface area (Å²) in [5, 5.41) is 4.39. The normalized spacial score (nSPS) is 17.2. The molecule has 8 heteroatoms. The predicted octanol–water partition coefficient (Wildman–Crippen LogP) is 4.54. The first-order chi connectivity index (χ1) is 16.2. The van der Waals surface area contributed by atoms with Crippen LogP contribution in [0.3, 0.4) is 0 Å². The first-order valence-electron chi connectivity index (χ1n) is 11.6. The SMILES string of the molecule is COc1cc2ncnc3c2cc1OCCCN(C)CCCCCc1ccc2c(c1N3)OCO2. The number of aryl methyl sites for hydroxylation is 1. The number of rotatable bonds is 1. The van der Waals surface area contributed by atoms with Crippen LogP contribution in [0.4, 0.5) is 11.5 Å². The minimum Gasteiger partial charge on any atom is -0.493 e. The Kier molecular flexibility index (Phi) is 6.35. The molecular weight excluding hydrogens is 420 g/mol. The number of hydrogen-bond donors (Lipinski definition) is 1. The summed E-state index contributed by atoms with van der Waals surface area (Å²) >= 11 is 0. The molecule has 1 N–H and O–H groups in total. The summed E-state index contributed by atoms with van der Waals surface area (Å²) < 4.78 is 23.2. The largest absolute Gasteiger partial charge is 0.493 e. The van der Waals surface area contributed by atoms with Crippen molar-refractivity contribution in [1.29, 1.82) is 0 Å². The number of nitrogens with zero attached hydrogens (tertiary/aromatic N) is 3. The van der Waals surface area contributed by atoms with Gasteiger partial charge < -0.3 is 29.2 Å². The minimum atomic E-state index is 0.222. The zero-order valence-corrected chi connectivity index (χ0v) is 19.2. The number of benzene rings is 2. The monoisotopic (exact) mass is 450 g/mol. The molecule has 0 radical (unpaired) electrons. The highest BCUT2D eigenvalue weighted by Crippen LogP contribution is 2.44. The molecule has 0 saturated carbocycles. The smallest absolute Gasteiger partial charge is 0.231 e. The number of methoxy groups -OCH3 is 1. The maximum Gasteiger partial charge on any atom is 0.231 e. The van der Waals surface area contributed by atoms with Crippen molar-refractivity contribution in [2.24, 2.45) is 0 Å². The highest BCUT2D eigenvalue weighted by molar-refractivity contribution is 5.94. The molecule has 0 fully saturated rings. The molecule has 2 aromatic carbocycles. The van der Waals surface area contributed by atoms with Crippen LogP contribution in [0.15, 0.2) is 30.6 Å². The van der Waals surface area contributed by atoms with Crippen LogP contribution >= 0.6 is 0 Å². The third-order valence-electron chi connectivity index (χ3n) is 6.22. The van der Waals surface area contributed by atoms with Crippen LogP contribution in [-0.4, -0.2) is 55.5 Å². The van der Waals surface area contributed by atoms with Crippen molar-refractivity contribution in [1.82, 2.24) is 14.9 Å². The average Bonchev–Trinajstić information content (AvgIpc) is 3.31. The molecule has 0 spiro atoms. The number of hydrogen-bond acceptors (Lipinski definition) is 8. The zero-order chi connectivity index (χ0) is 22.6. The number of anilines is 2. The van der Waals surface area contributed by atoms with E-state index in [0.717, 1.165) is 60.4 Å². The molecule has 0 saturated heterocycles.